The maximum absolute atomic E-state index is 5.78. The Hall–Kier alpha value is -0.470. The van der Waals surface area contributed by atoms with Crippen LogP contribution < -0.4 is 5.73 Å². The summed E-state index contributed by atoms with van der Waals surface area (Å²) in [6.07, 6.45) is 6.89. The van der Waals surface area contributed by atoms with E-state index in [1.165, 1.54) is 37.9 Å². The second-order valence-electron chi connectivity index (χ2n) is 7.54. The van der Waals surface area contributed by atoms with E-state index in [1.54, 1.807) is 5.56 Å². The Morgan fingerprint density at radius 2 is 1.95 bits per heavy atom. The molecule has 2 heteroatoms. The topological polar surface area (TPSA) is 26.0 Å². The molecule has 1 aromatic carbocycles. The fourth-order valence-electron chi connectivity index (χ4n) is 5.33. The first-order valence-electron chi connectivity index (χ1n) is 8.46. The van der Waals surface area contributed by atoms with Crippen LogP contribution in [-0.4, -0.2) is 11.6 Å². The van der Waals surface area contributed by atoms with E-state index in [-0.39, 0.29) is 0 Å². The van der Waals surface area contributed by atoms with Crippen LogP contribution in [0.25, 0.3) is 0 Å². The number of benzene rings is 1. The molecule has 0 amide bonds. The van der Waals surface area contributed by atoms with Gasteiger partial charge in [-0.25, -0.2) is 0 Å². The molecule has 0 radical (unpaired) electrons. The van der Waals surface area contributed by atoms with Gasteiger partial charge in [-0.05, 0) is 60.3 Å². The summed E-state index contributed by atoms with van der Waals surface area (Å²) in [7, 11) is 0. The smallest absolute Gasteiger partial charge is 0.0392 e. The third-order valence-electron chi connectivity index (χ3n) is 6.21. The summed E-state index contributed by atoms with van der Waals surface area (Å²) in [5, 5.41) is 0. The van der Waals surface area contributed by atoms with E-state index >= 15 is 0 Å². The summed E-state index contributed by atoms with van der Waals surface area (Å²) in [6.45, 7) is 4.88. The largest absolute Gasteiger partial charge is 0.322 e. The highest BCUT2D eigenvalue weighted by molar-refractivity contribution is 7.99. The van der Waals surface area contributed by atoms with Crippen molar-refractivity contribution in [1.82, 2.24) is 0 Å². The highest BCUT2D eigenvalue weighted by Crippen LogP contribution is 2.62. The van der Waals surface area contributed by atoms with Crippen molar-refractivity contribution >= 4 is 11.8 Å². The normalized spacial score (nSPS) is 38.6. The minimum absolute atomic E-state index is 0.407. The Morgan fingerprint density at radius 1 is 1.19 bits per heavy atom. The minimum atomic E-state index is 0.407. The molecule has 0 spiro atoms. The van der Waals surface area contributed by atoms with Crippen molar-refractivity contribution in [3.05, 3.63) is 35.9 Å². The molecule has 4 atom stereocenters. The molecule has 3 rings (SSSR count). The van der Waals surface area contributed by atoms with Gasteiger partial charge in [-0.3, -0.25) is 0 Å². The molecule has 116 valence electrons. The minimum Gasteiger partial charge on any atom is -0.322 e. The molecule has 2 aliphatic carbocycles. The molecule has 21 heavy (non-hydrogen) atoms. The van der Waals surface area contributed by atoms with Crippen molar-refractivity contribution in [2.45, 2.75) is 51.4 Å². The molecule has 1 nitrogen and oxygen atoms in total. The van der Waals surface area contributed by atoms with Crippen molar-refractivity contribution in [2.75, 3.05) is 11.6 Å². The van der Waals surface area contributed by atoms with Gasteiger partial charge in [0.2, 0.25) is 0 Å². The molecule has 2 N–H and O–H groups in total. The molecule has 2 fully saturated rings. The van der Waals surface area contributed by atoms with Gasteiger partial charge < -0.3 is 5.73 Å². The van der Waals surface area contributed by atoms with Gasteiger partial charge in [-0.2, -0.15) is 0 Å². The van der Waals surface area contributed by atoms with E-state index in [1.807, 2.05) is 11.8 Å². The monoisotopic (exact) mass is 303 g/mol. The van der Waals surface area contributed by atoms with Crippen LogP contribution in [0.5, 0.6) is 0 Å². The average molecular weight is 304 g/mol. The molecular formula is C19H29NS. The van der Waals surface area contributed by atoms with Gasteiger partial charge >= 0.3 is 0 Å². The van der Waals surface area contributed by atoms with Crippen LogP contribution in [0, 0.1) is 17.3 Å². The molecule has 0 aliphatic heterocycles. The fraction of sp³-hybridized carbons (Fsp3) is 0.684. The first kappa shape index (κ1) is 15.4. The number of fused-ring (bicyclic) bond motifs is 2. The van der Waals surface area contributed by atoms with Crippen LogP contribution in [0.15, 0.2) is 30.3 Å². The van der Waals surface area contributed by atoms with Crippen molar-refractivity contribution in [3.63, 3.8) is 0 Å². The molecule has 2 aliphatic rings. The SMILES string of the molecule is CCC1(c2ccccc2)CC2CC(CSCN)(CC2C)C1. The Morgan fingerprint density at radius 3 is 2.62 bits per heavy atom. The van der Waals surface area contributed by atoms with Crippen molar-refractivity contribution in [3.8, 4) is 0 Å². The first-order valence-corrected chi connectivity index (χ1v) is 9.62. The van der Waals surface area contributed by atoms with E-state index in [0.717, 1.165) is 17.7 Å². The Kier molecular flexibility index (Phi) is 4.38. The molecule has 0 saturated heterocycles. The maximum atomic E-state index is 5.78. The van der Waals surface area contributed by atoms with Gasteiger partial charge in [0, 0.05) is 11.6 Å². The Bertz CT molecular complexity index is 470. The lowest BCUT2D eigenvalue weighted by Gasteiger charge is -2.47. The number of thioether (sulfide) groups is 1. The number of hydrogen-bond acceptors (Lipinski definition) is 2. The summed E-state index contributed by atoms with van der Waals surface area (Å²) >= 11 is 1.95. The maximum Gasteiger partial charge on any atom is 0.0392 e. The van der Waals surface area contributed by atoms with Crippen LogP contribution in [0.1, 0.15) is 51.5 Å². The second kappa shape index (κ2) is 5.96. The van der Waals surface area contributed by atoms with Crippen molar-refractivity contribution < 1.29 is 0 Å². The van der Waals surface area contributed by atoms with Crippen LogP contribution in [-0.2, 0) is 5.41 Å². The van der Waals surface area contributed by atoms with Crippen LogP contribution in [0.2, 0.25) is 0 Å². The predicted octanol–water partition coefficient (Wildman–Crippen LogP) is 4.81. The van der Waals surface area contributed by atoms with Gasteiger partial charge in [0.05, 0.1) is 0 Å². The summed E-state index contributed by atoms with van der Waals surface area (Å²) in [4.78, 5) is 0. The van der Waals surface area contributed by atoms with Crippen molar-refractivity contribution in [1.29, 1.82) is 0 Å². The quantitative estimate of drug-likeness (QED) is 0.790. The zero-order chi connectivity index (χ0) is 14.9. The van der Waals surface area contributed by atoms with Crippen LogP contribution in [0.3, 0.4) is 0 Å². The lowest BCUT2D eigenvalue weighted by molar-refractivity contribution is 0.136. The highest BCUT2D eigenvalue weighted by Gasteiger charge is 2.54. The number of nitrogens with two attached hydrogens (primary N) is 1. The first-order chi connectivity index (χ1) is 10.1. The van der Waals surface area contributed by atoms with Crippen LogP contribution >= 0.6 is 11.8 Å². The van der Waals surface area contributed by atoms with E-state index in [4.69, 9.17) is 5.73 Å². The molecule has 2 bridgehead atoms. The summed E-state index contributed by atoms with van der Waals surface area (Å²) < 4.78 is 0. The summed E-state index contributed by atoms with van der Waals surface area (Å²) in [6, 6.07) is 11.3. The van der Waals surface area contributed by atoms with Gasteiger partial charge in [0.15, 0.2) is 0 Å². The van der Waals surface area contributed by atoms with E-state index in [2.05, 4.69) is 44.2 Å². The molecule has 0 heterocycles. The summed E-state index contributed by atoms with van der Waals surface area (Å²) in [5.74, 6) is 3.84. The third kappa shape index (κ3) is 2.77. The van der Waals surface area contributed by atoms with E-state index < -0.39 is 0 Å². The van der Waals surface area contributed by atoms with Gasteiger partial charge in [0.25, 0.3) is 0 Å². The van der Waals surface area contributed by atoms with Crippen LogP contribution in [0.4, 0.5) is 0 Å². The third-order valence-corrected chi connectivity index (χ3v) is 7.26. The Labute approximate surface area is 134 Å². The zero-order valence-electron chi connectivity index (χ0n) is 13.5. The fourth-order valence-corrected chi connectivity index (χ4v) is 6.22. The molecule has 1 aromatic rings. The molecule has 2 saturated carbocycles. The number of rotatable bonds is 5. The van der Waals surface area contributed by atoms with Gasteiger partial charge in [-0.1, -0.05) is 44.2 Å². The number of hydrogen-bond donors (Lipinski definition) is 1. The average Bonchev–Trinajstić information content (AvgIpc) is 2.76. The predicted molar refractivity (Wildman–Crippen MR) is 93.5 cm³/mol. The highest BCUT2D eigenvalue weighted by atomic mass is 32.2. The molecular weight excluding hydrogens is 274 g/mol. The van der Waals surface area contributed by atoms with Gasteiger partial charge in [-0.15, -0.1) is 11.8 Å². The molecule has 4 unspecified atom stereocenters. The summed E-state index contributed by atoms with van der Waals surface area (Å²) in [5.41, 5.74) is 8.31. The lowest BCUT2D eigenvalue weighted by atomic mass is 9.59. The van der Waals surface area contributed by atoms with Gasteiger partial charge in [0.1, 0.15) is 0 Å². The zero-order valence-corrected chi connectivity index (χ0v) is 14.3. The lowest BCUT2D eigenvalue weighted by Crippen LogP contribution is -2.40. The van der Waals surface area contributed by atoms with E-state index in [0.29, 0.717) is 10.8 Å². The second-order valence-corrected chi connectivity index (χ2v) is 8.57. The standard InChI is InChI=1S/C19H29NS/c1-3-19(17-7-5-4-6-8-17)11-16-10-18(12-19,9-15(16)2)13-21-14-20/h4-8,15-16H,3,9-14,20H2,1-2H3. The Balaban J connectivity index is 1.93. The van der Waals surface area contributed by atoms with Crippen molar-refractivity contribution in [2.24, 2.45) is 23.0 Å². The molecule has 0 aromatic heterocycles. The van der Waals surface area contributed by atoms with E-state index in [9.17, 15) is 0 Å².